The number of phenolic OH excluding ortho intramolecular Hbond substituents is 1. The molecule has 108 valence electrons. The summed E-state index contributed by atoms with van der Waals surface area (Å²) in [6.07, 6.45) is -4.33. The third kappa shape index (κ3) is 2.88. The SMILES string of the molecule is Cc1cc(C(C)(C)C(F)(F)F)cc(C(C)(C)C)c1O. The van der Waals surface area contributed by atoms with Crippen LogP contribution in [0, 0.1) is 6.92 Å². The molecule has 0 saturated carbocycles. The Kier molecular flexibility index (Phi) is 3.70. The number of rotatable bonds is 1. The van der Waals surface area contributed by atoms with Crippen molar-refractivity contribution in [1.29, 1.82) is 0 Å². The summed E-state index contributed by atoms with van der Waals surface area (Å²) in [6, 6.07) is 2.88. The number of aryl methyl sites for hydroxylation is 1. The van der Waals surface area contributed by atoms with E-state index in [1.165, 1.54) is 12.1 Å². The van der Waals surface area contributed by atoms with Crippen LogP contribution in [0.1, 0.15) is 51.3 Å². The van der Waals surface area contributed by atoms with E-state index in [1.54, 1.807) is 6.92 Å². The van der Waals surface area contributed by atoms with Crippen molar-refractivity contribution in [3.05, 3.63) is 28.8 Å². The summed E-state index contributed by atoms with van der Waals surface area (Å²) in [4.78, 5) is 0. The van der Waals surface area contributed by atoms with Gasteiger partial charge in [0.05, 0.1) is 5.41 Å². The largest absolute Gasteiger partial charge is 0.507 e. The molecule has 1 aromatic rings. The van der Waals surface area contributed by atoms with E-state index in [1.807, 2.05) is 20.8 Å². The van der Waals surface area contributed by atoms with Crippen LogP contribution in [0.15, 0.2) is 12.1 Å². The van der Waals surface area contributed by atoms with Gasteiger partial charge in [0.1, 0.15) is 5.75 Å². The van der Waals surface area contributed by atoms with Crippen LogP contribution in [-0.2, 0) is 10.8 Å². The first-order chi connectivity index (χ1) is 8.28. The Morgan fingerprint density at radius 2 is 1.42 bits per heavy atom. The van der Waals surface area contributed by atoms with Gasteiger partial charge >= 0.3 is 6.18 Å². The second kappa shape index (κ2) is 4.43. The zero-order valence-corrected chi connectivity index (χ0v) is 12.2. The molecule has 0 unspecified atom stereocenters. The fraction of sp³-hybridized carbons (Fsp3) is 0.600. The van der Waals surface area contributed by atoms with E-state index in [4.69, 9.17) is 0 Å². The molecular formula is C15H21F3O. The summed E-state index contributed by atoms with van der Waals surface area (Å²) in [5.41, 5.74) is -1.15. The van der Waals surface area contributed by atoms with Crippen LogP contribution in [0.4, 0.5) is 13.2 Å². The normalized spacial score (nSPS) is 13.7. The molecule has 0 fully saturated rings. The lowest BCUT2D eigenvalue weighted by Crippen LogP contribution is -2.36. The number of benzene rings is 1. The van der Waals surface area contributed by atoms with E-state index in [9.17, 15) is 18.3 Å². The Morgan fingerprint density at radius 3 is 1.79 bits per heavy atom. The van der Waals surface area contributed by atoms with Crippen LogP contribution in [0.25, 0.3) is 0 Å². The van der Waals surface area contributed by atoms with Gasteiger partial charge in [0.15, 0.2) is 0 Å². The van der Waals surface area contributed by atoms with Gasteiger partial charge in [-0.3, -0.25) is 0 Å². The minimum Gasteiger partial charge on any atom is -0.507 e. The molecule has 1 N–H and O–H groups in total. The molecule has 19 heavy (non-hydrogen) atoms. The highest BCUT2D eigenvalue weighted by Gasteiger charge is 2.48. The van der Waals surface area contributed by atoms with E-state index >= 15 is 0 Å². The fourth-order valence-electron chi connectivity index (χ4n) is 1.88. The zero-order chi connectivity index (χ0) is 15.2. The Hall–Kier alpha value is -1.19. The van der Waals surface area contributed by atoms with Crippen LogP contribution in [0.5, 0.6) is 5.75 Å². The number of aromatic hydroxyl groups is 1. The summed E-state index contributed by atoms with van der Waals surface area (Å²) < 4.78 is 39.4. The fourth-order valence-corrected chi connectivity index (χ4v) is 1.88. The average Bonchev–Trinajstić information content (AvgIpc) is 2.18. The number of hydrogen-bond donors (Lipinski definition) is 1. The van der Waals surface area contributed by atoms with Crippen molar-refractivity contribution < 1.29 is 18.3 Å². The minimum absolute atomic E-state index is 0.0780. The van der Waals surface area contributed by atoms with E-state index in [-0.39, 0.29) is 11.3 Å². The highest BCUT2D eigenvalue weighted by molar-refractivity contribution is 5.48. The van der Waals surface area contributed by atoms with Crippen LogP contribution < -0.4 is 0 Å². The highest BCUT2D eigenvalue weighted by atomic mass is 19.4. The van der Waals surface area contributed by atoms with Gasteiger partial charge in [0, 0.05) is 0 Å². The third-order valence-electron chi connectivity index (χ3n) is 3.54. The van der Waals surface area contributed by atoms with Crippen molar-refractivity contribution in [1.82, 2.24) is 0 Å². The second-order valence-corrected chi connectivity index (χ2v) is 6.56. The summed E-state index contributed by atoms with van der Waals surface area (Å²) >= 11 is 0. The molecule has 0 saturated heterocycles. The van der Waals surface area contributed by atoms with Gasteiger partial charge in [-0.2, -0.15) is 13.2 Å². The predicted molar refractivity (Wildman–Crippen MR) is 70.6 cm³/mol. The first-order valence-corrected chi connectivity index (χ1v) is 6.20. The average molecular weight is 274 g/mol. The standard InChI is InChI=1S/C15H21F3O/c1-9-7-10(14(5,6)15(16,17)18)8-11(12(9)19)13(2,3)4/h7-8,19H,1-6H3. The second-order valence-electron chi connectivity index (χ2n) is 6.56. The number of phenols is 1. The van der Waals surface area contributed by atoms with Gasteiger partial charge in [-0.15, -0.1) is 0 Å². The lowest BCUT2D eigenvalue weighted by Gasteiger charge is -2.31. The molecule has 0 aliphatic heterocycles. The summed E-state index contributed by atoms with van der Waals surface area (Å²) in [5.74, 6) is 0.0780. The highest BCUT2D eigenvalue weighted by Crippen LogP contribution is 2.44. The van der Waals surface area contributed by atoms with Gasteiger partial charge in [-0.05, 0) is 42.9 Å². The zero-order valence-electron chi connectivity index (χ0n) is 12.2. The molecule has 1 rings (SSSR count). The predicted octanol–water partition coefficient (Wildman–Crippen LogP) is 4.84. The molecular weight excluding hydrogens is 253 g/mol. The van der Waals surface area contributed by atoms with Crippen molar-refractivity contribution in [2.45, 2.75) is 58.5 Å². The number of hydrogen-bond acceptors (Lipinski definition) is 1. The molecule has 0 atom stereocenters. The molecule has 0 spiro atoms. The van der Waals surface area contributed by atoms with Crippen LogP contribution in [-0.4, -0.2) is 11.3 Å². The quantitative estimate of drug-likeness (QED) is 0.777. The van der Waals surface area contributed by atoms with E-state index in [2.05, 4.69) is 0 Å². The maximum Gasteiger partial charge on any atom is 0.397 e. The van der Waals surface area contributed by atoms with Crippen molar-refractivity contribution in [2.75, 3.05) is 0 Å². The van der Waals surface area contributed by atoms with Crippen molar-refractivity contribution >= 4 is 0 Å². The lowest BCUT2D eigenvalue weighted by molar-refractivity contribution is -0.180. The summed E-state index contributed by atoms with van der Waals surface area (Å²) in [6.45, 7) is 9.54. The topological polar surface area (TPSA) is 20.2 Å². The van der Waals surface area contributed by atoms with Crippen molar-refractivity contribution in [3.63, 3.8) is 0 Å². The summed E-state index contributed by atoms with van der Waals surface area (Å²) in [7, 11) is 0. The molecule has 0 aliphatic carbocycles. The molecule has 0 aliphatic rings. The van der Waals surface area contributed by atoms with Crippen LogP contribution in [0.3, 0.4) is 0 Å². The number of alkyl halides is 3. The molecule has 0 heterocycles. The Balaban J connectivity index is 3.54. The molecule has 0 amide bonds. The van der Waals surface area contributed by atoms with Crippen LogP contribution in [0.2, 0.25) is 0 Å². The smallest absolute Gasteiger partial charge is 0.397 e. The van der Waals surface area contributed by atoms with Crippen LogP contribution >= 0.6 is 0 Å². The number of halogens is 3. The third-order valence-corrected chi connectivity index (χ3v) is 3.54. The Morgan fingerprint density at radius 1 is 0.947 bits per heavy atom. The van der Waals surface area contributed by atoms with Gasteiger partial charge in [-0.1, -0.05) is 32.9 Å². The van der Waals surface area contributed by atoms with Gasteiger partial charge in [0.25, 0.3) is 0 Å². The van der Waals surface area contributed by atoms with Gasteiger partial charge < -0.3 is 5.11 Å². The Bertz CT molecular complexity index is 479. The van der Waals surface area contributed by atoms with E-state index in [0.29, 0.717) is 11.1 Å². The van der Waals surface area contributed by atoms with Crippen molar-refractivity contribution in [3.8, 4) is 5.75 Å². The molecule has 0 aromatic heterocycles. The monoisotopic (exact) mass is 274 g/mol. The molecule has 4 heteroatoms. The molecule has 0 radical (unpaired) electrons. The first-order valence-electron chi connectivity index (χ1n) is 6.20. The Labute approximate surface area is 112 Å². The maximum absolute atomic E-state index is 13.1. The van der Waals surface area contributed by atoms with E-state index in [0.717, 1.165) is 13.8 Å². The van der Waals surface area contributed by atoms with E-state index < -0.39 is 17.0 Å². The molecule has 0 bridgehead atoms. The molecule has 1 aromatic carbocycles. The maximum atomic E-state index is 13.1. The minimum atomic E-state index is -4.33. The lowest BCUT2D eigenvalue weighted by atomic mass is 9.78. The first kappa shape index (κ1) is 15.9. The van der Waals surface area contributed by atoms with Gasteiger partial charge in [0.2, 0.25) is 0 Å². The van der Waals surface area contributed by atoms with Gasteiger partial charge in [-0.25, -0.2) is 0 Å². The summed E-state index contributed by atoms with van der Waals surface area (Å²) in [5, 5.41) is 10.0. The van der Waals surface area contributed by atoms with Crippen molar-refractivity contribution in [2.24, 2.45) is 0 Å². The molecule has 1 nitrogen and oxygen atoms in total.